The van der Waals surface area contributed by atoms with Crippen LogP contribution in [0.15, 0.2) is 106 Å². The molecule has 0 bridgehead atoms. The van der Waals surface area contributed by atoms with Crippen LogP contribution in [0.5, 0.6) is 0 Å². The van der Waals surface area contributed by atoms with Crippen LogP contribution in [0.25, 0.3) is 22.6 Å². The zero-order valence-corrected chi connectivity index (χ0v) is 16.8. The summed E-state index contributed by atoms with van der Waals surface area (Å²) in [6, 6.07) is 20.3. The molecule has 4 nitrogen and oxygen atoms in total. The Labute approximate surface area is 176 Å². The highest BCUT2D eigenvalue weighted by Gasteiger charge is 2.21. The molecular weight excluding hydrogens is 370 g/mol. The molecule has 2 aromatic carbocycles. The van der Waals surface area contributed by atoms with E-state index in [9.17, 15) is 0 Å². The molecule has 1 aliphatic carbocycles. The van der Waals surface area contributed by atoms with Gasteiger partial charge in [-0.05, 0) is 12.8 Å². The minimum atomic E-state index is 0.665. The molecule has 0 amide bonds. The first-order chi connectivity index (χ1) is 14.8. The Hall–Kier alpha value is -3.66. The molecule has 0 saturated carbocycles. The van der Waals surface area contributed by atoms with Gasteiger partial charge in [0, 0.05) is 35.2 Å². The molecule has 3 aromatic rings. The summed E-state index contributed by atoms with van der Waals surface area (Å²) in [4.78, 5) is 9.63. The van der Waals surface area contributed by atoms with Gasteiger partial charge < -0.3 is 9.73 Å². The largest absolute Gasteiger partial charge is 0.440 e. The third-order valence-electron chi connectivity index (χ3n) is 5.33. The minimum Gasteiger partial charge on any atom is -0.440 e. The van der Waals surface area contributed by atoms with Crippen LogP contribution in [-0.2, 0) is 6.42 Å². The Morgan fingerprint density at radius 3 is 2.33 bits per heavy atom. The molecule has 0 saturated heterocycles. The summed E-state index contributed by atoms with van der Waals surface area (Å²) in [6.45, 7) is 4.16. The van der Waals surface area contributed by atoms with Crippen LogP contribution < -0.4 is 5.32 Å². The number of nitrogens with one attached hydrogen (secondary N) is 1. The maximum Gasteiger partial charge on any atom is 0.195 e. The van der Waals surface area contributed by atoms with Gasteiger partial charge in [0.15, 0.2) is 11.7 Å². The van der Waals surface area contributed by atoms with Crippen LogP contribution in [0.3, 0.4) is 0 Å². The van der Waals surface area contributed by atoms with Crippen LogP contribution in [-0.4, -0.2) is 10.8 Å². The summed E-state index contributed by atoms with van der Waals surface area (Å²) in [5, 5.41) is 3.35. The van der Waals surface area contributed by atoms with Crippen molar-refractivity contribution in [2.75, 3.05) is 0 Å². The van der Waals surface area contributed by atoms with E-state index in [2.05, 4.69) is 48.3 Å². The molecule has 5 rings (SSSR count). The Kier molecular flexibility index (Phi) is 4.89. The van der Waals surface area contributed by atoms with Gasteiger partial charge in [-0.25, -0.2) is 9.98 Å². The first kappa shape index (κ1) is 18.4. The molecular formula is C26H23N3O. The van der Waals surface area contributed by atoms with Crippen molar-refractivity contribution in [3.8, 4) is 22.6 Å². The second-order valence-corrected chi connectivity index (χ2v) is 7.46. The van der Waals surface area contributed by atoms with E-state index < -0.39 is 0 Å². The first-order valence-corrected chi connectivity index (χ1v) is 10.3. The van der Waals surface area contributed by atoms with Gasteiger partial charge in [-0.2, -0.15) is 0 Å². The van der Waals surface area contributed by atoms with Crippen molar-refractivity contribution >= 4 is 5.84 Å². The molecule has 0 unspecified atom stereocenters. The van der Waals surface area contributed by atoms with E-state index in [1.165, 1.54) is 0 Å². The molecule has 2 heterocycles. The number of benzene rings is 2. The molecule has 148 valence electrons. The highest BCUT2D eigenvalue weighted by Crippen LogP contribution is 2.33. The molecule has 30 heavy (non-hydrogen) atoms. The van der Waals surface area contributed by atoms with Gasteiger partial charge in [0.25, 0.3) is 0 Å². The normalized spacial score (nSPS) is 15.6. The summed E-state index contributed by atoms with van der Waals surface area (Å²) in [5.41, 5.74) is 6.03. The van der Waals surface area contributed by atoms with E-state index in [0.29, 0.717) is 18.7 Å². The SMILES string of the molecule is C=C1NC(CCc2nc(-c3ccccc3)c(-c3ccccc3)o2)=NC2=CCCC=C12. The highest BCUT2D eigenvalue weighted by molar-refractivity contribution is 5.88. The van der Waals surface area contributed by atoms with E-state index in [-0.39, 0.29) is 0 Å². The third-order valence-corrected chi connectivity index (χ3v) is 5.33. The molecule has 2 aliphatic rings. The molecule has 0 fully saturated rings. The molecule has 0 radical (unpaired) electrons. The van der Waals surface area contributed by atoms with Crippen LogP contribution in [0.4, 0.5) is 0 Å². The van der Waals surface area contributed by atoms with Gasteiger partial charge in [0.05, 0.1) is 5.70 Å². The fourth-order valence-corrected chi connectivity index (χ4v) is 3.85. The predicted octanol–water partition coefficient (Wildman–Crippen LogP) is 6.06. The number of hydrogen-bond acceptors (Lipinski definition) is 4. The summed E-state index contributed by atoms with van der Waals surface area (Å²) >= 11 is 0. The van der Waals surface area contributed by atoms with Crippen LogP contribution in [0, 0.1) is 0 Å². The fraction of sp³-hybridized carbons (Fsp3) is 0.154. The standard InChI is InChI=1S/C26H23N3O/c1-18-21-14-8-9-15-22(21)28-23(27-18)16-17-24-29-25(19-10-4-2-5-11-19)26(30-24)20-12-6-3-7-13-20/h2-7,10-15H,1,8-9,16-17H2,(H,27,28). The van der Waals surface area contributed by atoms with Crippen molar-refractivity contribution in [1.29, 1.82) is 0 Å². The summed E-state index contributed by atoms with van der Waals surface area (Å²) in [7, 11) is 0. The van der Waals surface area contributed by atoms with E-state index in [4.69, 9.17) is 14.4 Å². The van der Waals surface area contributed by atoms with Crippen LogP contribution in [0.1, 0.15) is 25.2 Å². The van der Waals surface area contributed by atoms with Gasteiger partial charge >= 0.3 is 0 Å². The second-order valence-electron chi connectivity index (χ2n) is 7.46. The number of aryl methyl sites for hydroxylation is 1. The highest BCUT2D eigenvalue weighted by atomic mass is 16.4. The van der Waals surface area contributed by atoms with Crippen molar-refractivity contribution in [1.82, 2.24) is 10.3 Å². The zero-order valence-electron chi connectivity index (χ0n) is 16.8. The number of aliphatic imine (C=N–C) groups is 1. The number of nitrogens with zero attached hydrogens (tertiary/aromatic N) is 2. The minimum absolute atomic E-state index is 0.665. The summed E-state index contributed by atoms with van der Waals surface area (Å²) < 4.78 is 6.24. The first-order valence-electron chi connectivity index (χ1n) is 10.3. The smallest absolute Gasteiger partial charge is 0.195 e. The molecule has 1 aliphatic heterocycles. The van der Waals surface area contributed by atoms with Gasteiger partial charge in [-0.3, -0.25) is 0 Å². The van der Waals surface area contributed by atoms with Gasteiger partial charge in [-0.15, -0.1) is 0 Å². The van der Waals surface area contributed by atoms with Gasteiger partial charge in [0.2, 0.25) is 0 Å². The quantitative estimate of drug-likeness (QED) is 0.573. The lowest BCUT2D eigenvalue weighted by Crippen LogP contribution is -2.29. The average Bonchev–Trinajstić information content (AvgIpc) is 3.23. The summed E-state index contributed by atoms with van der Waals surface area (Å²) in [5.74, 6) is 2.42. The molecule has 0 atom stereocenters. The number of fused-ring (bicyclic) bond motifs is 1. The summed E-state index contributed by atoms with van der Waals surface area (Å²) in [6.07, 6.45) is 7.85. The number of allylic oxidation sites excluding steroid dienone is 2. The van der Waals surface area contributed by atoms with E-state index in [1.807, 2.05) is 36.4 Å². The van der Waals surface area contributed by atoms with Crippen LogP contribution in [0.2, 0.25) is 0 Å². The Morgan fingerprint density at radius 2 is 1.57 bits per heavy atom. The van der Waals surface area contributed by atoms with Crippen molar-refractivity contribution in [3.63, 3.8) is 0 Å². The number of rotatable bonds is 5. The molecule has 1 aromatic heterocycles. The topological polar surface area (TPSA) is 50.4 Å². The number of oxazole rings is 1. The predicted molar refractivity (Wildman–Crippen MR) is 121 cm³/mol. The average molecular weight is 393 g/mol. The monoisotopic (exact) mass is 393 g/mol. The molecule has 0 spiro atoms. The van der Waals surface area contributed by atoms with E-state index in [0.717, 1.165) is 58.2 Å². The van der Waals surface area contributed by atoms with Crippen molar-refractivity contribution in [2.24, 2.45) is 4.99 Å². The van der Waals surface area contributed by atoms with Crippen molar-refractivity contribution in [3.05, 3.63) is 102 Å². The Balaban J connectivity index is 1.42. The lowest BCUT2D eigenvalue weighted by Gasteiger charge is -2.23. The number of aromatic nitrogens is 1. The number of amidine groups is 1. The zero-order chi connectivity index (χ0) is 20.3. The van der Waals surface area contributed by atoms with E-state index >= 15 is 0 Å². The lowest BCUT2D eigenvalue weighted by atomic mass is 9.99. The van der Waals surface area contributed by atoms with Crippen molar-refractivity contribution < 1.29 is 4.42 Å². The molecule has 1 N–H and O–H groups in total. The van der Waals surface area contributed by atoms with E-state index in [1.54, 1.807) is 0 Å². The van der Waals surface area contributed by atoms with Gasteiger partial charge in [0.1, 0.15) is 11.5 Å². The number of hydrogen-bond donors (Lipinski definition) is 1. The lowest BCUT2D eigenvalue weighted by molar-refractivity contribution is 0.508. The van der Waals surface area contributed by atoms with Crippen molar-refractivity contribution in [2.45, 2.75) is 25.7 Å². The third kappa shape index (κ3) is 3.64. The van der Waals surface area contributed by atoms with Gasteiger partial charge in [-0.1, -0.05) is 79.4 Å². The Morgan fingerprint density at radius 1 is 0.867 bits per heavy atom. The Bertz CT molecular complexity index is 1110. The maximum atomic E-state index is 6.24. The maximum absolute atomic E-state index is 6.24. The van der Waals surface area contributed by atoms with Crippen LogP contribution >= 0.6 is 0 Å². The molecule has 4 heteroatoms. The second kappa shape index (κ2) is 7.99. The fourth-order valence-electron chi connectivity index (χ4n) is 3.85.